The molecule has 0 aromatic heterocycles. The number of piperidine rings is 2. The zero-order valence-electron chi connectivity index (χ0n) is 21.0. The standard InChI is InChI=1S/C29H39N3O3/c1-23-11-16-31(17-12-23)22-26-8-6-5-7-25(26)21-30-29(34)24-13-18-32(19-14-24)28(33)15-20-35-27-9-3-2-4-10-27/h2-10,23-24H,11-22H2,1H3,(H,30,34). The molecular formula is C29H39N3O3. The first-order chi connectivity index (χ1) is 17.1. The Morgan fingerprint density at radius 1 is 0.886 bits per heavy atom. The van der Waals surface area contributed by atoms with Gasteiger partial charge in [-0.15, -0.1) is 0 Å². The second-order valence-corrected chi connectivity index (χ2v) is 10.0. The molecule has 1 N–H and O–H groups in total. The molecule has 35 heavy (non-hydrogen) atoms. The van der Waals surface area contributed by atoms with E-state index in [0.717, 1.165) is 31.3 Å². The van der Waals surface area contributed by atoms with Gasteiger partial charge in [0, 0.05) is 32.1 Å². The van der Waals surface area contributed by atoms with Gasteiger partial charge in [-0.05, 0) is 68.0 Å². The van der Waals surface area contributed by atoms with Crippen LogP contribution in [-0.4, -0.2) is 54.4 Å². The van der Waals surface area contributed by atoms with E-state index in [1.165, 1.54) is 24.0 Å². The Morgan fingerprint density at radius 2 is 1.54 bits per heavy atom. The molecule has 2 aromatic carbocycles. The van der Waals surface area contributed by atoms with Crippen molar-refractivity contribution >= 4 is 11.8 Å². The predicted molar refractivity (Wildman–Crippen MR) is 138 cm³/mol. The van der Waals surface area contributed by atoms with E-state index in [1.54, 1.807) is 0 Å². The van der Waals surface area contributed by atoms with Crippen molar-refractivity contribution in [3.8, 4) is 5.75 Å². The van der Waals surface area contributed by atoms with Crippen LogP contribution in [0.25, 0.3) is 0 Å². The van der Waals surface area contributed by atoms with E-state index in [9.17, 15) is 9.59 Å². The monoisotopic (exact) mass is 477 g/mol. The average molecular weight is 478 g/mol. The Balaban J connectivity index is 1.18. The highest BCUT2D eigenvalue weighted by Crippen LogP contribution is 2.21. The number of ether oxygens (including phenoxy) is 1. The average Bonchev–Trinajstić information content (AvgIpc) is 2.90. The summed E-state index contributed by atoms with van der Waals surface area (Å²) in [5, 5.41) is 3.17. The second-order valence-electron chi connectivity index (χ2n) is 10.0. The van der Waals surface area contributed by atoms with Crippen LogP contribution in [-0.2, 0) is 22.7 Å². The molecule has 2 amide bonds. The molecule has 2 heterocycles. The SMILES string of the molecule is CC1CCN(Cc2ccccc2CNC(=O)C2CCN(C(=O)CCOc3ccccc3)CC2)CC1. The summed E-state index contributed by atoms with van der Waals surface area (Å²) in [6.45, 7) is 7.79. The molecule has 2 saturated heterocycles. The van der Waals surface area contributed by atoms with Crippen molar-refractivity contribution in [2.24, 2.45) is 11.8 Å². The lowest BCUT2D eigenvalue weighted by molar-refractivity contribution is -0.136. The van der Waals surface area contributed by atoms with Crippen LogP contribution in [0, 0.1) is 11.8 Å². The molecule has 0 saturated carbocycles. The molecule has 6 heteroatoms. The normalized spacial score (nSPS) is 17.8. The minimum absolute atomic E-state index is 0.0321. The van der Waals surface area contributed by atoms with Gasteiger partial charge in [-0.25, -0.2) is 0 Å². The molecule has 0 spiro atoms. The summed E-state index contributed by atoms with van der Waals surface area (Å²) >= 11 is 0. The molecule has 2 fully saturated rings. The zero-order chi connectivity index (χ0) is 24.5. The van der Waals surface area contributed by atoms with Crippen molar-refractivity contribution in [1.82, 2.24) is 15.1 Å². The largest absolute Gasteiger partial charge is 0.493 e. The fraction of sp³-hybridized carbons (Fsp3) is 0.517. The molecule has 188 valence electrons. The number of carbonyl (C=O) groups excluding carboxylic acids is 2. The van der Waals surface area contributed by atoms with Crippen LogP contribution in [0.3, 0.4) is 0 Å². The van der Waals surface area contributed by atoms with Crippen LogP contribution in [0.15, 0.2) is 54.6 Å². The molecule has 4 rings (SSSR count). The minimum atomic E-state index is -0.0321. The van der Waals surface area contributed by atoms with Crippen LogP contribution in [0.2, 0.25) is 0 Å². The molecule has 0 unspecified atom stereocenters. The Kier molecular flexibility index (Phi) is 9.18. The third kappa shape index (κ3) is 7.56. The third-order valence-corrected chi connectivity index (χ3v) is 7.39. The van der Waals surface area contributed by atoms with Gasteiger partial charge in [0.1, 0.15) is 5.75 Å². The van der Waals surface area contributed by atoms with Crippen molar-refractivity contribution in [2.45, 2.75) is 52.1 Å². The quantitative estimate of drug-likeness (QED) is 0.587. The lowest BCUT2D eigenvalue weighted by Gasteiger charge is -2.32. The molecule has 2 aliphatic rings. The van der Waals surface area contributed by atoms with Gasteiger partial charge in [-0.1, -0.05) is 49.4 Å². The number of hydrogen-bond acceptors (Lipinski definition) is 4. The maximum atomic E-state index is 12.9. The number of rotatable bonds is 9. The molecule has 2 aliphatic heterocycles. The molecule has 0 radical (unpaired) electrons. The molecule has 6 nitrogen and oxygen atoms in total. The fourth-order valence-electron chi connectivity index (χ4n) is 4.99. The summed E-state index contributed by atoms with van der Waals surface area (Å²) in [5.74, 6) is 1.77. The summed E-state index contributed by atoms with van der Waals surface area (Å²) in [4.78, 5) is 29.8. The highest BCUT2D eigenvalue weighted by atomic mass is 16.5. The summed E-state index contributed by atoms with van der Waals surface area (Å²) < 4.78 is 5.65. The lowest BCUT2D eigenvalue weighted by atomic mass is 9.95. The van der Waals surface area contributed by atoms with E-state index in [4.69, 9.17) is 4.74 Å². The van der Waals surface area contributed by atoms with E-state index >= 15 is 0 Å². The maximum Gasteiger partial charge on any atom is 0.225 e. The van der Waals surface area contributed by atoms with Gasteiger partial charge in [-0.2, -0.15) is 0 Å². The topological polar surface area (TPSA) is 61.9 Å². The van der Waals surface area contributed by atoms with Crippen molar-refractivity contribution in [2.75, 3.05) is 32.8 Å². The molecule has 0 atom stereocenters. The smallest absolute Gasteiger partial charge is 0.225 e. The first-order valence-electron chi connectivity index (χ1n) is 13.1. The lowest BCUT2D eigenvalue weighted by Crippen LogP contribution is -2.43. The molecule has 2 aromatic rings. The number of para-hydroxylation sites is 1. The van der Waals surface area contributed by atoms with Crippen molar-refractivity contribution in [1.29, 1.82) is 0 Å². The minimum Gasteiger partial charge on any atom is -0.493 e. The number of amides is 2. The van der Waals surface area contributed by atoms with E-state index in [2.05, 4.69) is 41.4 Å². The van der Waals surface area contributed by atoms with E-state index in [1.807, 2.05) is 35.2 Å². The van der Waals surface area contributed by atoms with Crippen molar-refractivity contribution in [3.05, 3.63) is 65.7 Å². The predicted octanol–water partition coefficient (Wildman–Crippen LogP) is 4.24. The summed E-state index contributed by atoms with van der Waals surface area (Å²) in [5.41, 5.74) is 2.51. The Morgan fingerprint density at radius 3 is 2.26 bits per heavy atom. The van der Waals surface area contributed by atoms with Gasteiger partial charge >= 0.3 is 0 Å². The van der Waals surface area contributed by atoms with Crippen LogP contribution >= 0.6 is 0 Å². The van der Waals surface area contributed by atoms with Gasteiger partial charge in [-0.3, -0.25) is 14.5 Å². The highest BCUT2D eigenvalue weighted by Gasteiger charge is 2.27. The first-order valence-corrected chi connectivity index (χ1v) is 13.1. The Hall–Kier alpha value is -2.86. The first kappa shape index (κ1) is 25.2. The van der Waals surface area contributed by atoms with Crippen molar-refractivity contribution in [3.63, 3.8) is 0 Å². The van der Waals surface area contributed by atoms with Crippen LogP contribution < -0.4 is 10.1 Å². The van der Waals surface area contributed by atoms with Crippen LogP contribution in [0.5, 0.6) is 5.75 Å². The van der Waals surface area contributed by atoms with Gasteiger partial charge in [0.15, 0.2) is 0 Å². The molecule has 0 bridgehead atoms. The fourth-order valence-corrected chi connectivity index (χ4v) is 4.99. The zero-order valence-corrected chi connectivity index (χ0v) is 21.0. The van der Waals surface area contributed by atoms with Crippen LogP contribution in [0.4, 0.5) is 0 Å². The Labute approximate surface area is 209 Å². The van der Waals surface area contributed by atoms with E-state index in [0.29, 0.717) is 45.5 Å². The molecule has 0 aliphatic carbocycles. The molecular weight excluding hydrogens is 438 g/mol. The number of likely N-dealkylation sites (tertiary alicyclic amines) is 2. The number of nitrogens with zero attached hydrogens (tertiary/aromatic N) is 2. The van der Waals surface area contributed by atoms with Gasteiger partial charge in [0.2, 0.25) is 11.8 Å². The van der Waals surface area contributed by atoms with E-state index < -0.39 is 0 Å². The summed E-state index contributed by atoms with van der Waals surface area (Å²) in [6.07, 6.45) is 4.31. The second kappa shape index (κ2) is 12.7. The Bertz CT molecular complexity index is 949. The number of nitrogens with one attached hydrogen (secondary N) is 1. The summed E-state index contributed by atoms with van der Waals surface area (Å²) in [6, 6.07) is 18.0. The number of hydrogen-bond donors (Lipinski definition) is 1. The van der Waals surface area contributed by atoms with Gasteiger partial charge < -0.3 is 15.0 Å². The van der Waals surface area contributed by atoms with Crippen molar-refractivity contribution < 1.29 is 14.3 Å². The van der Waals surface area contributed by atoms with Gasteiger partial charge in [0.25, 0.3) is 0 Å². The number of carbonyl (C=O) groups is 2. The van der Waals surface area contributed by atoms with E-state index in [-0.39, 0.29) is 17.7 Å². The highest BCUT2D eigenvalue weighted by molar-refractivity contribution is 5.80. The third-order valence-electron chi connectivity index (χ3n) is 7.39. The maximum absolute atomic E-state index is 12.9. The summed E-state index contributed by atoms with van der Waals surface area (Å²) in [7, 11) is 0. The number of benzene rings is 2. The van der Waals surface area contributed by atoms with Gasteiger partial charge in [0.05, 0.1) is 13.0 Å². The van der Waals surface area contributed by atoms with Crippen LogP contribution in [0.1, 0.15) is 50.2 Å².